The average Bonchev–Trinajstić information content (AvgIpc) is 3.23. The van der Waals surface area contributed by atoms with Gasteiger partial charge in [0.25, 0.3) is 5.91 Å². The molecule has 0 aromatic heterocycles. The molecule has 29 heavy (non-hydrogen) atoms. The SMILES string of the molecule is CCC(C)NC(=O)c1ccc2c(c1)C1C=CCC1C(c1ccc(C(C)C)cc1)N2. The van der Waals surface area contributed by atoms with Crippen LogP contribution in [0.2, 0.25) is 0 Å². The lowest BCUT2D eigenvalue weighted by Gasteiger charge is -2.38. The van der Waals surface area contributed by atoms with Gasteiger partial charge in [-0.1, -0.05) is 57.2 Å². The number of carbonyl (C=O) groups is 1. The van der Waals surface area contributed by atoms with E-state index in [1.165, 1.54) is 16.7 Å². The zero-order valence-electron chi connectivity index (χ0n) is 17.9. The molecule has 0 spiro atoms. The highest BCUT2D eigenvalue weighted by atomic mass is 16.1. The van der Waals surface area contributed by atoms with Crippen molar-refractivity contribution < 1.29 is 4.79 Å². The first kappa shape index (κ1) is 19.8. The lowest BCUT2D eigenvalue weighted by molar-refractivity contribution is 0.0939. The third-order valence-electron chi connectivity index (χ3n) is 6.58. The normalized spacial score (nSPS) is 23.3. The van der Waals surface area contributed by atoms with Crippen LogP contribution in [0, 0.1) is 5.92 Å². The maximum absolute atomic E-state index is 12.6. The molecule has 1 amide bonds. The standard InChI is InChI=1S/C26H32N2O/c1-5-17(4)27-26(29)20-13-14-24-23(15-20)21-7-6-8-22(21)25(28-24)19-11-9-18(10-12-19)16(2)3/h6-7,9-17,21-22,25,28H,5,8H2,1-4H3,(H,27,29). The van der Waals surface area contributed by atoms with Crippen molar-refractivity contribution in [2.45, 2.75) is 64.5 Å². The van der Waals surface area contributed by atoms with Crippen LogP contribution in [0.3, 0.4) is 0 Å². The summed E-state index contributed by atoms with van der Waals surface area (Å²) in [6.07, 6.45) is 6.63. The number of anilines is 1. The fraction of sp³-hybridized carbons (Fsp3) is 0.423. The number of rotatable bonds is 5. The molecule has 4 atom stereocenters. The van der Waals surface area contributed by atoms with Crippen LogP contribution in [-0.2, 0) is 0 Å². The van der Waals surface area contributed by atoms with Crippen molar-refractivity contribution in [3.05, 3.63) is 76.9 Å². The summed E-state index contributed by atoms with van der Waals surface area (Å²) < 4.78 is 0. The van der Waals surface area contributed by atoms with E-state index in [0.717, 1.165) is 24.1 Å². The van der Waals surface area contributed by atoms with Crippen molar-refractivity contribution in [3.63, 3.8) is 0 Å². The van der Waals surface area contributed by atoms with Crippen LogP contribution in [0.15, 0.2) is 54.6 Å². The van der Waals surface area contributed by atoms with E-state index in [9.17, 15) is 4.79 Å². The van der Waals surface area contributed by atoms with E-state index in [2.05, 4.69) is 80.0 Å². The molecule has 4 rings (SSSR count). The fourth-order valence-corrected chi connectivity index (χ4v) is 4.56. The van der Waals surface area contributed by atoms with E-state index < -0.39 is 0 Å². The Morgan fingerprint density at radius 1 is 1.14 bits per heavy atom. The summed E-state index contributed by atoms with van der Waals surface area (Å²) in [6.45, 7) is 8.60. The third kappa shape index (κ3) is 3.83. The molecule has 1 aliphatic carbocycles. The van der Waals surface area contributed by atoms with Crippen molar-refractivity contribution in [2.24, 2.45) is 5.92 Å². The second kappa shape index (κ2) is 8.06. The third-order valence-corrected chi connectivity index (χ3v) is 6.58. The van der Waals surface area contributed by atoms with Gasteiger partial charge in [0.15, 0.2) is 0 Å². The van der Waals surface area contributed by atoms with Crippen LogP contribution >= 0.6 is 0 Å². The summed E-state index contributed by atoms with van der Waals surface area (Å²) in [5.74, 6) is 1.41. The van der Waals surface area contributed by atoms with Crippen molar-refractivity contribution in [1.82, 2.24) is 5.32 Å². The highest BCUT2D eigenvalue weighted by molar-refractivity contribution is 5.95. The van der Waals surface area contributed by atoms with Crippen LogP contribution in [0.5, 0.6) is 0 Å². The second-order valence-electron chi connectivity index (χ2n) is 8.88. The number of hydrogen-bond donors (Lipinski definition) is 2. The number of hydrogen-bond acceptors (Lipinski definition) is 2. The molecule has 2 N–H and O–H groups in total. The lowest BCUT2D eigenvalue weighted by atomic mass is 9.76. The van der Waals surface area contributed by atoms with Gasteiger partial charge in [-0.05, 0) is 66.5 Å². The summed E-state index contributed by atoms with van der Waals surface area (Å²) in [4.78, 5) is 12.6. The predicted molar refractivity (Wildman–Crippen MR) is 121 cm³/mol. The van der Waals surface area contributed by atoms with E-state index >= 15 is 0 Å². The molecular formula is C26H32N2O. The van der Waals surface area contributed by atoms with Crippen molar-refractivity contribution in [3.8, 4) is 0 Å². The average molecular weight is 389 g/mol. The summed E-state index contributed by atoms with van der Waals surface area (Å²) in [7, 11) is 0. The number of nitrogens with one attached hydrogen (secondary N) is 2. The molecule has 2 aromatic carbocycles. The fourth-order valence-electron chi connectivity index (χ4n) is 4.56. The zero-order chi connectivity index (χ0) is 20.5. The maximum Gasteiger partial charge on any atom is 0.251 e. The smallest absolute Gasteiger partial charge is 0.251 e. The van der Waals surface area contributed by atoms with Gasteiger partial charge >= 0.3 is 0 Å². The topological polar surface area (TPSA) is 41.1 Å². The van der Waals surface area contributed by atoms with E-state index in [0.29, 0.717) is 23.8 Å². The minimum atomic E-state index is 0.0204. The molecule has 3 heteroatoms. The number of benzene rings is 2. The predicted octanol–water partition coefficient (Wildman–Crippen LogP) is 6.16. The Bertz CT molecular complexity index is 913. The molecule has 0 fully saturated rings. The van der Waals surface area contributed by atoms with Crippen LogP contribution < -0.4 is 10.6 Å². The lowest BCUT2D eigenvalue weighted by Crippen LogP contribution is -2.33. The first-order chi connectivity index (χ1) is 14.0. The van der Waals surface area contributed by atoms with E-state index in [1.807, 2.05) is 13.0 Å². The van der Waals surface area contributed by atoms with Crippen LogP contribution in [0.4, 0.5) is 5.69 Å². The monoisotopic (exact) mass is 388 g/mol. The Morgan fingerprint density at radius 2 is 1.90 bits per heavy atom. The summed E-state index contributed by atoms with van der Waals surface area (Å²) in [5.41, 5.74) is 5.87. The van der Waals surface area contributed by atoms with Gasteiger partial charge in [-0.2, -0.15) is 0 Å². The zero-order valence-corrected chi connectivity index (χ0v) is 17.9. The van der Waals surface area contributed by atoms with Gasteiger partial charge in [0.2, 0.25) is 0 Å². The number of amides is 1. The van der Waals surface area contributed by atoms with Crippen LogP contribution in [-0.4, -0.2) is 11.9 Å². The van der Waals surface area contributed by atoms with Gasteiger partial charge in [0.1, 0.15) is 0 Å². The highest BCUT2D eigenvalue weighted by Gasteiger charge is 2.38. The number of carbonyl (C=O) groups excluding carboxylic acids is 1. The first-order valence-electron chi connectivity index (χ1n) is 11.0. The van der Waals surface area contributed by atoms with Gasteiger partial charge in [0, 0.05) is 23.2 Å². The van der Waals surface area contributed by atoms with Gasteiger partial charge in [0.05, 0.1) is 6.04 Å². The quantitative estimate of drug-likeness (QED) is 0.602. The Kier molecular flexibility index (Phi) is 5.49. The van der Waals surface area contributed by atoms with Crippen LogP contribution in [0.25, 0.3) is 0 Å². The Labute approximate surface area is 174 Å². The molecule has 1 heterocycles. The Balaban J connectivity index is 1.63. The maximum atomic E-state index is 12.6. The van der Waals surface area contributed by atoms with E-state index in [4.69, 9.17) is 0 Å². The number of allylic oxidation sites excluding steroid dienone is 2. The molecule has 2 aliphatic rings. The van der Waals surface area contributed by atoms with Crippen molar-refractivity contribution in [1.29, 1.82) is 0 Å². The summed E-state index contributed by atoms with van der Waals surface area (Å²) >= 11 is 0. The highest BCUT2D eigenvalue weighted by Crippen LogP contribution is 2.50. The van der Waals surface area contributed by atoms with E-state index in [1.54, 1.807) is 0 Å². The Morgan fingerprint density at radius 3 is 2.59 bits per heavy atom. The molecule has 0 saturated heterocycles. The largest absolute Gasteiger partial charge is 0.378 e. The minimum Gasteiger partial charge on any atom is -0.378 e. The Hall–Kier alpha value is -2.55. The molecule has 3 nitrogen and oxygen atoms in total. The molecule has 0 saturated carbocycles. The van der Waals surface area contributed by atoms with E-state index in [-0.39, 0.29) is 11.9 Å². The van der Waals surface area contributed by atoms with Crippen molar-refractivity contribution >= 4 is 11.6 Å². The molecule has 4 unspecified atom stereocenters. The molecule has 0 bridgehead atoms. The number of fused-ring (bicyclic) bond motifs is 3. The molecule has 152 valence electrons. The first-order valence-corrected chi connectivity index (χ1v) is 11.0. The van der Waals surface area contributed by atoms with Gasteiger partial charge < -0.3 is 10.6 Å². The van der Waals surface area contributed by atoms with Crippen LogP contribution in [0.1, 0.15) is 85.5 Å². The molecule has 0 radical (unpaired) electrons. The second-order valence-corrected chi connectivity index (χ2v) is 8.88. The molecular weight excluding hydrogens is 356 g/mol. The van der Waals surface area contributed by atoms with Gasteiger partial charge in [-0.25, -0.2) is 0 Å². The van der Waals surface area contributed by atoms with Crippen molar-refractivity contribution in [2.75, 3.05) is 5.32 Å². The molecule has 1 aliphatic heterocycles. The van der Waals surface area contributed by atoms with Gasteiger partial charge in [-0.15, -0.1) is 0 Å². The molecule has 2 aromatic rings. The summed E-state index contributed by atoms with van der Waals surface area (Å²) in [6, 6.07) is 15.7. The van der Waals surface area contributed by atoms with Gasteiger partial charge in [-0.3, -0.25) is 4.79 Å². The minimum absolute atomic E-state index is 0.0204. The summed E-state index contributed by atoms with van der Waals surface area (Å²) in [5, 5.41) is 6.86.